The highest BCUT2D eigenvalue weighted by atomic mass is 19.4. The topological polar surface area (TPSA) is 46.2 Å². The zero-order chi connectivity index (χ0) is 20.8. The van der Waals surface area contributed by atoms with E-state index in [1.807, 2.05) is 0 Å². The van der Waals surface area contributed by atoms with Gasteiger partial charge in [0, 0.05) is 30.0 Å². The van der Waals surface area contributed by atoms with Gasteiger partial charge in [0.15, 0.2) is 5.78 Å². The second kappa shape index (κ2) is 7.13. The molecule has 1 N–H and O–H groups in total. The lowest BCUT2D eigenvalue weighted by Gasteiger charge is -2.34. The van der Waals surface area contributed by atoms with Gasteiger partial charge in [-0.3, -0.25) is 9.59 Å². The molecule has 150 valence electrons. The molecule has 4 rings (SSSR count). The molecule has 1 aliphatic heterocycles. The van der Waals surface area contributed by atoms with Gasteiger partial charge in [-0.1, -0.05) is 24.3 Å². The van der Waals surface area contributed by atoms with Crippen molar-refractivity contribution in [1.82, 2.24) is 5.32 Å². The smallest absolute Gasteiger partial charge is 0.329 e. The monoisotopic (exact) mass is 403 g/mol. The third-order valence-corrected chi connectivity index (χ3v) is 5.52. The van der Waals surface area contributed by atoms with E-state index in [1.165, 1.54) is 24.3 Å². The lowest BCUT2D eigenvalue weighted by Crippen LogP contribution is -2.38. The summed E-state index contributed by atoms with van der Waals surface area (Å²) in [6.45, 7) is 0. The Balaban J connectivity index is 1.67. The number of benzene rings is 2. The molecule has 2 atom stereocenters. The highest BCUT2D eigenvalue weighted by molar-refractivity contribution is 6.02. The number of carbonyl (C=O) groups is 2. The minimum absolute atomic E-state index is 0.0111. The van der Waals surface area contributed by atoms with Crippen LogP contribution >= 0.6 is 0 Å². The number of carbonyl (C=O) groups excluding carboxylic acids is 2. The van der Waals surface area contributed by atoms with Gasteiger partial charge >= 0.3 is 6.18 Å². The van der Waals surface area contributed by atoms with Crippen LogP contribution in [0.1, 0.15) is 47.8 Å². The van der Waals surface area contributed by atoms with Gasteiger partial charge in [-0.25, -0.2) is 4.39 Å². The van der Waals surface area contributed by atoms with E-state index < -0.39 is 17.7 Å². The molecular weight excluding hydrogens is 386 g/mol. The molecule has 2 aromatic carbocycles. The summed E-state index contributed by atoms with van der Waals surface area (Å²) in [5, 5.41) is 2.76. The molecule has 29 heavy (non-hydrogen) atoms. The summed E-state index contributed by atoms with van der Waals surface area (Å²) < 4.78 is 51.7. The second-order valence-corrected chi connectivity index (χ2v) is 7.40. The maximum Gasteiger partial charge on any atom is 0.416 e. The summed E-state index contributed by atoms with van der Waals surface area (Å²) in [6.07, 6.45) is -3.82. The molecule has 0 aromatic heterocycles. The van der Waals surface area contributed by atoms with Gasteiger partial charge in [0.2, 0.25) is 5.91 Å². The van der Waals surface area contributed by atoms with Crippen molar-refractivity contribution in [3.63, 3.8) is 0 Å². The Hall–Kier alpha value is -2.96. The van der Waals surface area contributed by atoms with Gasteiger partial charge in [-0.05, 0) is 47.7 Å². The number of allylic oxidation sites excluding steroid dienone is 2. The summed E-state index contributed by atoms with van der Waals surface area (Å²) in [6, 6.07) is 10.5. The molecule has 1 heterocycles. The van der Waals surface area contributed by atoms with E-state index >= 15 is 0 Å². The molecule has 7 heteroatoms. The first kappa shape index (κ1) is 19.4. The van der Waals surface area contributed by atoms with Crippen LogP contribution in [0.5, 0.6) is 0 Å². The molecule has 0 spiro atoms. The van der Waals surface area contributed by atoms with Gasteiger partial charge in [0.25, 0.3) is 0 Å². The quantitative estimate of drug-likeness (QED) is 0.729. The average Bonchev–Trinajstić information content (AvgIpc) is 2.67. The van der Waals surface area contributed by atoms with Crippen LogP contribution in [0, 0.1) is 5.82 Å². The number of Topliss-reactive ketones (excluding diaryl/α,β-unsaturated/α-hetero) is 1. The van der Waals surface area contributed by atoms with Crippen LogP contribution in [0.4, 0.5) is 17.6 Å². The highest BCUT2D eigenvalue weighted by Gasteiger charge is 2.38. The van der Waals surface area contributed by atoms with E-state index in [1.54, 1.807) is 12.1 Å². The van der Waals surface area contributed by atoms with E-state index in [-0.39, 0.29) is 36.3 Å². The molecule has 0 radical (unpaired) electrons. The van der Waals surface area contributed by atoms with Crippen molar-refractivity contribution in [2.24, 2.45) is 0 Å². The summed E-state index contributed by atoms with van der Waals surface area (Å²) in [7, 11) is 0. The Morgan fingerprint density at radius 1 is 0.828 bits per heavy atom. The zero-order valence-corrected chi connectivity index (χ0v) is 15.2. The molecular formula is C22H17F4NO2. The van der Waals surface area contributed by atoms with Gasteiger partial charge in [0.1, 0.15) is 5.82 Å². The summed E-state index contributed by atoms with van der Waals surface area (Å²) in [5.41, 5.74) is 1.51. The predicted octanol–water partition coefficient (Wildman–Crippen LogP) is 4.85. The standard InChI is InChI=1S/C22H17F4NO2/c23-16-7-3-12(4-8-16)14-9-18-21(19(28)10-14)17(11-20(29)27-18)13-1-5-15(6-2-13)22(24,25)26/h1-8,14,17H,9-11H2,(H,27,29)/t14-,17-/m0/s1. The largest absolute Gasteiger partial charge is 0.416 e. The van der Waals surface area contributed by atoms with E-state index in [4.69, 9.17) is 0 Å². The van der Waals surface area contributed by atoms with Crippen LogP contribution < -0.4 is 5.32 Å². The first-order chi connectivity index (χ1) is 13.7. The fourth-order valence-electron chi connectivity index (χ4n) is 4.12. The number of hydrogen-bond acceptors (Lipinski definition) is 2. The fourth-order valence-corrected chi connectivity index (χ4v) is 4.12. The molecule has 0 saturated heterocycles. The molecule has 0 bridgehead atoms. The third-order valence-electron chi connectivity index (χ3n) is 5.52. The number of alkyl halides is 3. The van der Waals surface area contributed by atoms with Crippen molar-refractivity contribution in [3.05, 3.63) is 82.3 Å². The van der Waals surface area contributed by atoms with Crippen LogP contribution in [-0.2, 0) is 15.8 Å². The molecule has 0 unspecified atom stereocenters. The van der Waals surface area contributed by atoms with Crippen LogP contribution in [0.25, 0.3) is 0 Å². The van der Waals surface area contributed by atoms with Crippen molar-refractivity contribution < 1.29 is 27.2 Å². The van der Waals surface area contributed by atoms with Crippen molar-refractivity contribution in [2.45, 2.75) is 37.3 Å². The Morgan fingerprint density at radius 3 is 2.07 bits per heavy atom. The molecule has 2 aliphatic rings. The van der Waals surface area contributed by atoms with Gasteiger partial charge in [0.05, 0.1) is 5.56 Å². The number of halogens is 4. The maximum atomic E-state index is 13.2. The molecule has 2 aromatic rings. The Kier molecular flexibility index (Phi) is 4.76. The summed E-state index contributed by atoms with van der Waals surface area (Å²) >= 11 is 0. The Morgan fingerprint density at radius 2 is 1.45 bits per heavy atom. The van der Waals surface area contributed by atoms with Crippen molar-refractivity contribution >= 4 is 11.7 Å². The van der Waals surface area contributed by atoms with E-state index in [0.29, 0.717) is 23.3 Å². The summed E-state index contributed by atoms with van der Waals surface area (Å²) in [5.74, 6) is -1.55. The molecule has 0 fully saturated rings. The molecule has 3 nitrogen and oxygen atoms in total. The minimum Gasteiger partial charge on any atom is -0.329 e. The number of amides is 1. The number of rotatable bonds is 2. The lowest BCUT2D eigenvalue weighted by molar-refractivity contribution is -0.137. The Labute approximate surface area is 164 Å². The van der Waals surface area contributed by atoms with Crippen LogP contribution in [0.15, 0.2) is 59.8 Å². The van der Waals surface area contributed by atoms with E-state index in [0.717, 1.165) is 17.7 Å². The second-order valence-electron chi connectivity index (χ2n) is 7.40. The lowest BCUT2D eigenvalue weighted by atomic mass is 9.73. The predicted molar refractivity (Wildman–Crippen MR) is 97.4 cm³/mol. The third kappa shape index (κ3) is 3.81. The minimum atomic E-state index is -4.45. The van der Waals surface area contributed by atoms with Crippen LogP contribution in [0.3, 0.4) is 0 Å². The van der Waals surface area contributed by atoms with Crippen molar-refractivity contribution in [3.8, 4) is 0 Å². The Bertz CT molecular complexity index is 991. The molecule has 1 aliphatic carbocycles. The van der Waals surface area contributed by atoms with Crippen LogP contribution in [0.2, 0.25) is 0 Å². The number of ketones is 1. The van der Waals surface area contributed by atoms with Crippen LogP contribution in [-0.4, -0.2) is 11.7 Å². The maximum absolute atomic E-state index is 13.2. The van der Waals surface area contributed by atoms with E-state index in [9.17, 15) is 27.2 Å². The van der Waals surface area contributed by atoms with Crippen molar-refractivity contribution in [2.75, 3.05) is 0 Å². The highest BCUT2D eigenvalue weighted by Crippen LogP contribution is 2.43. The fraction of sp³-hybridized carbons (Fsp3) is 0.273. The van der Waals surface area contributed by atoms with E-state index in [2.05, 4.69) is 5.32 Å². The molecule has 1 amide bonds. The first-order valence-corrected chi connectivity index (χ1v) is 9.21. The summed E-state index contributed by atoms with van der Waals surface area (Å²) in [4.78, 5) is 25.2. The number of hydrogen-bond donors (Lipinski definition) is 1. The molecule has 0 saturated carbocycles. The van der Waals surface area contributed by atoms with Gasteiger partial charge < -0.3 is 5.32 Å². The first-order valence-electron chi connectivity index (χ1n) is 9.21. The SMILES string of the molecule is O=C1C[C@@H](c2ccc(C(F)(F)F)cc2)C2=C(C[C@H](c3ccc(F)cc3)CC2=O)N1. The zero-order valence-electron chi connectivity index (χ0n) is 15.2. The van der Waals surface area contributed by atoms with Crippen molar-refractivity contribution in [1.29, 1.82) is 0 Å². The van der Waals surface area contributed by atoms with Gasteiger partial charge in [-0.2, -0.15) is 13.2 Å². The van der Waals surface area contributed by atoms with Gasteiger partial charge in [-0.15, -0.1) is 0 Å². The average molecular weight is 403 g/mol. The normalized spacial score (nSPS) is 22.3. The number of nitrogens with one attached hydrogen (secondary N) is 1.